The topological polar surface area (TPSA) is 30.5 Å². The molecule has 7 heteroatoms. The highest BCUT2D eigenvalue weighted by atomic mass is 79.9. The van der Waals surface area contributed by atoms with Crippen LogP contribution in [0.4, 0.5) is 0 Å². The molecule has 3 aromatic carbocycles. The Morgan fingerprint density at radius 2 is 1.50 bits per heavy atom. The van der Waals surface area contributed by atoms with Crippen molar-refractivity contribution in [1.29, 1.82) is 0 Å². The fourth-order valence-electron chi connectivity index (χ4n) is 2.88. The zero-order chi connectivity index (χ0) is 20.6. The molecule has 3 aromatic rings. The first-order valence-electron chi connectivity index (χ1n) is 9.34. The Morgan fingerprint density at radius 1 is 0.867 bits per heavy atom. The van der Waals surface area contributed by atoms with Gasteiger partial charge in [-0.25, -0.2) is 0 Å². The molecule has 0 aliphatic rings. The van der Waals surface area contributed by atoms with E-state index < -0.39 is 0 Å². The van der Waals surface area contributed by atoms with Crippen molar-refractivity contribution in [2.45, 2.75) is 26.6 Å². The van der Waals surface area contributed by atoms with E-state index in [9.17, 15) is 0 Å². The molecule has 160 valence electrons. The molecule has 0 saturated heterocycles. The third kappa shape index (κ3) is 6.79. The second-order valence-electron chi connectivity index (χ2n) is 6.41. The largest absolute Gasteiger partial charge is 0.490 e. The van der Waals surface area contributed by atoms with Crippen molar-refractivity contribution in [3.63, 3.8) is 0 Å². The van der Waals surface area contributed by atoms with Gasteiger partial charge in [-0.15, -0.1) is 12.4 Å². The van der Waals surface area contributed by atoms with Crippen LogP contribution >= 0.6 is 51.5 Å². The van der Waals surface area contributed by atoms with Gasteiger partial charge in [0.15, 0.2) is 11.5 Å². The number of hydrogen-bond donors (Lipinski definition) is 1. The molecule has 3 rings (SSSR count). The van der Waals surface area contributed by atoms with Crippen LogP contribution in [0.1, 0.15) is 23.6 Å². The van der Waals surface area contributed by atoms with E-state index in [2.05, 4.69) is 21.2 Å². The molecule has 1 N–H and O–H groups in total. The Hall–Kier alpha value is -1.43. The third-order valence-corrected chi connectivity index (χ3v) is 5.63. The highest BCUT2D eigenvalue weighted by Crippen LogP contribution is 2.38. The Kier molecular flexibility index (Phi) is 10.3. The third-order valence-electron chi connectivity index (χ3n) is 4.30. The van der Waals surface area contributed by atoms with Crippen LogP contribution in [0.5, 0.6) is 11.5 Å². The van der Waals surface area contributed by atoms with Crippen LogP contribution in [0.2, 0.25) is 10.0 Å². The van der Waals surface area contributed by atoms with Crippen molar-refractivity contribution in [3.05, 3.63) is 91.9 Å². The Labute approximate surface area is 202 Å². The fraction of sp³-hybridized carbons (Fsp3) is 0.217. The van der Waals surface area contributed by atoms with Crippen LogP contribution in [0.3, 0.4) is 0 Å². The quantitative estimate of drug-likeness (QED) is 0.311. The van der Waals surface area contributed by atoms with Gasteiger partial charge < -0.3 is 14.8 Å². The van der Waals surface area contributed by atoms with Crippen molar-refractivity contribution < 1.29 is 9.47 Å². The smallest absolute Gasteiger partial charge is 0.175 e. The first-order chi connectivity index (χ1) is 14.1. The van der Waals surface area contributed by atoms with Gasteiger partial charge in [0, 0.05) is 28.7 Å². The predicted molar refractivity (Wildman–Crippen MR) is 130 cm³/mol. The zero-order valence-corrected chi connectivity index (χ0v) is 20.4. The Bertz CT molecular complexity index is 969. The molecule has 0 heterocycles. The molecule has 0 aromatic heterocycles. The molecular formula is C23H23BrCl3NO2. The maximum absolute atomic E-state index is 6.23. The molecule has 0 saturated carbocycles. The summed E-state index contributed by atoms with van der Waals surface area (Å²) >= 11 is 16.1. The number of rotatable bonds is 9. The molecule has 0 fully saturated rings. The first kappa shape index (κ1) is 24.8. The average Bonchev–Trinajstić information content (AvgIpc) is 2.70. The number of ether oxygens (including phenoxy) is 2. The number of hydrogen-bond acceptors (Lipinski definition) is 3. The molecule has 0 amide bonds. The zero-order valence-electron chi connectivity index (χ0n) is 16.5. The van der Waals surface area contributed by atoms with E-state index in [-0.39, 0.29) is 12.4 Å². The number of halogens is 4. The van der Waals surface area contributed by atoms with Gasteiger partial charge in [-0.2, -0.15) is 0 Å². The minimum Gasteiger partial charge on any atom is -0.490 e. The van der Waals surface area contributed by atoms with Gasteiger partial charge in [0.05, 0.1) is 11.1 Å². The summed E-state index contributed by atoms with van der Waals surface area (Å²) in [5.41, 5.74) is 3.07. The molecule has 0 spiro atoms. The highest BCUT2D eigenvalue weighted by molar-refractivity contribution is 9.10. The molecule has 0 aliphatic carbocycles. The minimum atomic E-state index is 0. The summed E-state index contributed by atoms with van der Waals surface area (Å²) < 4.78 is 12.7. The second-order valence-corrected chi connectivity index (χ2v) is 8.08. The van der Waals surface area contributed by atoms with Crippen LogP contribution in [0.15, 0.2) is 65.1 Å². The van der Waals surface area contributed by atoms with Gasteiger partial charge in [0.1, 0.15) is 6.61 Å². The normalized spacial score (nSPS) is 10.4. The van der Waals surface area contributed by atoms with E-state index in [0.717, 1.165) is 26.2 Å². The van der Waals surface area contributed by atoms with Crippen LogP contribution < -0.4 is 14.8 Å². The molecule has 0 bridgehead atoms. The standard InChI is InChI=1S/C23H22BrCl2NO2.ClH/c1-2-28-22-12-16(13-27-14-17-7-3-5-9-20(17)25)11-19(24)23(22)29-15-18-8-4-6-10-21(18)26;/h3-12,27H,2,13-15H2,1H3;1H. The summed E-state index contributed by atoms with van der Waals surface area (Å²) in [7, 11) is 0. The van der Waals surface area contributed by atoms with Crippen molar-refractivity contribution in [2.24, 2.45) is 0 Å². The second kappa shape index (κ2) is 12.4. The van der Waals surface area contributed by atoms with Crippen LogP contribution in [-0.4, -0.2) is 6.61 Å². The molecule has 0 aliphatic heterocycles. The summed E-state index contributed by atoms with van der Waals surface area (Å²) in [5, 5.41) is 4.87. The summed E-state index contributed by atoms with van der Waals surface area (Å²) in [5.74, 6) is 1.37. The van der Waals surface area contributed by atoms with Crippen LogP contribution in [0, 0.1) is 0 Å². The summed E-state index contributed by atoms with van der Waals surface area (Å²) in [6, 6.07) is 19.5. The summed E-state index contributed by atoms with van der Waals surface area (Å²) in [6.45, 7) is 4.22. The van der Waals surface area contributed by atoms with Crippen molar-refractivity contribution >= 4 is 51.5 Å². The average molecular weight is 532 g/mol. The van der Waals surface area contributed by atoms with Gasteiger partial charge in [0.25, 0.3) is 0 Å². The van der Waals surface area contributed by atoms with Gasteiger partial charge >= 0.3 is 0 Å². The Morgan fingerprint density at radius 3 is 2.13 bits per heavy atom. The molecule has 3 nitrogen and oxygen atoms in total. The highest BCUT2D eigenvalue weighted by Gasteiger charge is 2.13. The summed E-state index contributed by atoms with van der Waals surface area (Å²) in [6.07, 6.45) is 0. The van der Waals surface area contributed by atoms with E-state index in [0.29, 0.717) is 42.8 Å². The Balaban J connectivity index is 0.00000320. The van der Waals surface area contributed by atoms with E-state index in [1.807, 2.05) is 67.6 Å². The molecule has 0 unspecified atom stereocenters. The van der Waals surface area contributed by atoms with Gasteiger partial charge in [-0.3, -0.25) is 0 Å². The molecule has 0 atom stereocenters. The molecular weight excluding hydrogens is 509 g/mol. The van der Waals surface area contributed by atoms with E-state index in [1.165, 1.54) is 0 Å². The maximum atomic E-state index is 6.23. The van der Waals surface area contributed by atoms with Crippen LogP contribution in [-0.2, 0) is 19.7 Å². The van der Waals surface area contributed by atoms with Crippen LogP contribution in [0.25, 0.3) is 0 Å². The lowest BCUT2D eigenvalue weighted by molar-refractivity contribution is 0.267. The molecule has 0 radical (unpaired) electrons. The lowest BCUT2D eigenvalue weighted by Crippen LogP contribution is -2.13. The molecule has 30 heavy (non-hydrogen) atoms. The van der Waals surface area contributed by atoms with E-state index in [4.69, 9.17) is 32.7 Å². The number of benzene rings is 3. The maximum Gasteiger partial charge on any atom is 0.175 e. The fourth-order valence-corrected chi connectivity index (χ4v) is 3.87. The van der Waals surface area contributed by atoms with Crippen molar-refractivity contribution in [1.82, 2.24) is 5.32 Å². The number of nitrogens with one attached hydrogen (secondary N) is 1. The first-order valence-corrected chi connectivity index (χ1v) is 10.9. The lowest BCUT2D eigenvalue weighted by Gasteiger charge is -2.16. The summed E-state index contributed by atoms with van der Waals surface area (Å²) in [4.78, 5) is 0. The monoisotopic (exact) mass is 529 g/mol. The van der Waals surface area contributed by atoms with Crippen molar-refractivity contribution in [2.75, 3.05) is 6.61 Å². The lowest BCUT2D eigenvalue weighted by atomic mass is 10.1. The SMILES string of the molecule is CCOc1cc(CNCc2ccccc2Cl)cc(Br)c1OCc1ccccc1Cl.Cl. The van der Waals surface area contributed by atoms with Gasteiger partial charge in [0.2, 0.25) is 0 Å². The van der Waals surface area contributed by atoms with Gasteiger partial charge in [-0.05, 0) is 58.2 Å². The van der Waals surface area contributed by atoms with Gasteiger partial charge in [-0.1, -0.05) is 59.6 Å². The predicted octanol–water partition coefficient (Wildman–Crippen LogP) is 7.45. The van der Waals surface area contributed by atoms with Crippen molar-refractivity contribution in [3.8, 4) is 11.5 Å². The van der Waals surface area contributed by atoms with E-state index >= 15 is 0 Å². The van der Waals surface area contributed by atoms with E-state index in [1.54, 1.807) is 0 Å². The minimum absolute atomic E-state index is 0.